The van der Waals surface area contributed by atoms with E-state index in [1.807, 2.05) is 4.90 Å². The number of esters is 1. The predicted octanol–water partition coefficient (Wildman–Crippen LogP) is 1.47. The molecule has 3 rings (SSSR count). The molecule has 0 amide bonds. The number of hydrogen-bond acceptors (Lipinski definition) is 7. The first-order valence-corrected chi connectivity index (χ1v) is 7.27. The Bertz CT molecular complexity index is 714. The number of carbonyl (C=O) groups is 1. The maximum Gasteiger partial charge on any atom is 0.356 e. The predicted molar refractivity (Wildman–Crippen MR) is 83.5 cm³/mol. The standard InChI is InChI=1S/C16H17N3O4/c1-22-16(21)13-10-14(19-5-7-23-8-6-19)18-15(17-13)11-3-2-4-12(20)9-11/h2-4,9-10,20H,5-8H2,1H3. The van der Waals surface area contributed by atoms with Crippen LogP contribution < -0.4 is 4.90 Å². The highest BCUT2D eigenvalue weighted by atomic mass is 16.5. The number of rotatable bonds is 3. The summed E-state index contributed by atoms with van der Waals surface area (Å²) in [6.07, 6.45) is 0. The number of nitrogens with zero attached hydrogens (tertiary/aromatic N) is 3. The Morgan fingerprint density at radius 3 is 2.74 bits per heavy atom. The molecule has 0 spiro atoms. The van der Waals surface area contributed by atoms with Crippen molar-refractivity contribution in [2.75, 3.05) is 38.3 Å². The average molecular weight is 315 g/mol. The van der Waals surface area contributed by atoms with Crippen LogP contribution in [0.15, 0.2) is 30.3 Å². The van der Waals surface area contributed by atoms with Crippen LogP contribution in [0.3, 0.4) is 0 Å². The molecular formula is C16H17N3O4. The summed E-state index contributed by atoms with van der Waals surface area (Å²) in [7, 11) is 1.31. The molecule has 23 heavy (non-hydrogen) atoms. The number of carbonyl (C=O) groups excluding carboxylic acids is 1. The molecule has 1 aliphatic heterocycles. The largest absolute Gasteiger partial charge is 0.508 e. The van der Waals surface area contributed by atoms with Gasteiger partial charge in [0.2, 0.25) is 0 Å². The van der Waals surface area contributed by atoms with Gasteiger partial charge in [-0.15, -0.1) is 0 Å². The van der Waals surface area contributed by atoms with Crippen molar-refractivity contribution in [1.82, 2.24) is 9.97 Å². The van der Waals surface area contributed by atoms with Gasteiger partial charge in [-0.25, -0.2) is 14.8 Å². The van der Waals surface area contributed by atoms with Crippen molar-refractivity contribution in [2.24, 2.45) is 0 Å². The molecule has 7 heteroatoms. The highest BCUT2D eigenvalue weighted by molar-refractivity contribution is 5.88. The SMILES string of the molecule is COC(=O)c1cc(N2CCOCC2)nc(-c2cccc(O)c2)n1. The van der Waals surface area contributed by atoms with E-state index in [0.717, 1.165) is 0 Å². The molecule has 0 atom stereocenters. The molecule has 1 fully saturated rings. The summed E-state index contributed by atoms with van der Waals surface area (Å²) >= 11 is 0. The Balaban J connectivity index is 2.05. The highest BCUT2D eigenvalue weighted by Gasteiger charge is 2.18. The van der Waals surface area contributed by atoms with Crippen molar-refractivity contribution in [3.63, 3.8) is 0 Å². The number of anilines is 1. The number of methoxy groups -OCH3 is 1. The smallest absolute Gasteiger partial charge is 0.356 e. The van der Waals surface area contributed by atoms with Gasteiger partial charge in [0.05, 0.1) is 20.3 Å². The fraction of sp³-hybridized carbons (Fsp3) is 0.312. The summed E-state index contributed by atoms with van der Waals surface area (Å²) < 4.78 is 10.1. The molecular weight excluding hydrogens is 298 g/mol. The molecule has 1 aromatic carbocycles. The third-order valence-corrected chi connectivity index (χ3v) is 3.55. The van der Waals surface area contributed by atoms with E-state index in [-0.39, 0.29) is 11.4 Å². The Kier molecular flexibility index (Phi) is 4.38. The van der Waals surface area contributed by atoms with Gasteiger partial charge in [0.25, 0.3) is 0 Å². The van der Waals surface area contributed by atoms with Crippen molar-refractivity contribution in [1.29, 1.82) is 0 Å². The number of phenolic OH excluding ortho intramolecular Hbond substituents is 1. The van der Waals surface area contributed by atoms with Crippen LogP contribution in [-0.4, -0.2) is 54.5 Å². The first kappa shape index (κ1) is 15.2. The molecule has 0 bridgehead atoms. The summed E-state index contributed by atoms with van der Waals surface area (Å²) in [4.78, 5) is 22.7. The van der Waals surface area contributed by atoms with Gasteiger partial charge in [-0.2, -0.15) is 0 Å². The monoisotopic (exact) mass is 315 g/mol. The summed E-state index contributed by atoms with van der Waals surface area (Å²) in [5.41, 5.74) is 0.813. The van der Waals surface area contributed by atoms with Crippen LogP contribution in [0.2, 0.25) is 0 Å². The zero-order chi connectivity index (χ0) is 16.2. The molecule has 0 radical (unpaired) electrons. The van der Waals surface area contributed by atoms with Crippen LogP contribution in [0.5, 0.6) is 5.75 Å². The fourth-order valence-electron chi connectivity index (χ4n) is 2.37. The van der Waals surface area contributed by atoms with Gasteiger partial charge < -0.3 is 19.5 Å². The Morgan fingerprint density at radius 2 is 2.04 bits per heavy atom. The normalized spacial score (nSPS) is 14.6. The lowest BCUT2D eigenvalue weighted by molar-refractivity contribution is 0.0594. The number of phenols is 1. The molecule has 1 N–H and O–H groups in total. The Labute approximate surface area is 133 Å². The van der Waals surface area contributed by atoms with E-state index in [9.17, 15) is 9.90 Å². The van der Waals surface area contributed by atoms with Gasteiger partial charge in [-0.05, 0) is 12.1 Å². The lowest BCUT2D eigenvalue weighted by atomic mass is 10.2. The second kappa shape index (κ2) is 6.62. The van der Waals surface area contributed by atoms with E-state index in [0.29, 0.717) is 43.5 Å². The molecule has 1 aliphatic rings. The average Bonchev–Trinajstić information content (AvgIpc) is 2.61. The highest BCUT2D eigenvalue weighted by Crippen LogP contribution is 2.24. The second-order valence-electron chi connectivity index (χ2n) is 5.08. The van der Waals surface area contributed by atoms with E-state index in [1.165, 1.54) is 7.11 Å². The lowest BCUT2D eigenvalue weighted by Gasteiger charge is -2.28. The minimum atomic E-state index is -0.525. The molecule has 1 aromatic heterocycles. The Hall–Kier alpha value is -2.67. The number of benzene rings is 1. The van der Waals surface area contributed by atoms with Crippen LogP contribution >= 0.6 is 0 Å². The van der Waals surface area contributed by atoms with Crippen molar-refractivity contribution in [3.05, 3.63) is 36.0 Å². The maximum atomic E-state index is 11.9. The topological polar surface area (TPSA) is 84.8 Å². The summed E-state index contributed by atoms with van der Waals surface area (Å²) in [6, 6.07) is 8.21. The molecule has 2 aromatic rings. The third kappa shape index (κ3) is 3.40. The van der Waals surface area contributed by atoms with E-state index in [1.54, 1.807) is 30.3 Å². The lowest BCUT2D eigenvalue weighted by Crippen LogP contribution is -2.37. The van der Waals surface area contributed by atoms with Gasteiger partial charge >= 0.3 is 5.97 Å². The quantitative estimate of drug-likeness (QED) is 0.859. The van der Waals surface area contributed by atoms with E-state index in [2.05, 4.69) is 9.97 Å². The second-order valence-corrected chi connectivity index (χ2v) is 5.08. The zero-order valence-corrected chi connectivity index (χ0v) is 12.7. The third-order valence-electron chi connectivity index (χ3n) is 3.55. The summed E-state index contributed by atoms with van der Waals surface area (Å²) in [6.45, 7) is 2.60. The molecule has 7 nitrogen and oxygen atoms in total. The number of aromatic hydroxyl groups is 1. The first-order chi connectivity index (χ1) is 11.2. The van der Waals surface area contributed by atoms with Crippen LogP contribution in [0, 0.1) is 0 Å². The van der Waals surface area contributed by atoms with E-state index in [4.69, 9.17) is 9.47 Å². The molecule has 2 heterocycles. The van der Waals surface area contributed by atoms with Gasteiger partial charge in [0.1, 0.15) is 11.6 Å². The van der Waals surface area contributed by atoms with E-state index >= 15 is 0 Å². The minimum Gasteiger partial charge on any atom is -0.508 e. The van der Waals surface area contributed by atoms with Gasteiger partial charge in [0.15, 0.2) is 11.5 Å². The van der Waals surface area contributed by atoms with Crippen molar-refractivity contribution >= 4 is 11.8 Å². The van der Waals surface area contributed by atoms with Crippen LogP contribution in [0.25, 0.3) is 11.4 Å². The Morgan fingerprint density at radius 1 is 1.26 bits per heavy atom. The van der Waals surface area contributed by atoms with Gasteiger partial charge in [-0.3, -0.25) is 0 Å². The number of hydrogen-bond donors (Lipinski definition) is 1. The van der Waals surface area contributed by atoms with E-state index < -0.39 is 5.97 Å². The molecule has 0 unspecified atom stereocenters. The molecule has 120 valence electrons. The van der Waals surface area contributed by atoms with Crippen molar-refractivity contribution in [3.8, 4) is 17.1 Å². The van der Waals surface area contributed by atoms with Gasteiger partial charge in [-0.1, -0.05) is 12.1 Å². The maximum absolute atomic E-state index is 11.9. The summed E-state index contributed by atoms with van der Waals surface area (Å²) in [5, 5.41) is 9.64. The van der Waals surface area contributed by atoms with Crippen LogP contribution in [0.4, 0.5) is 5.82 Å². The van der Waals surface area contributed by atoms with Crippen LogP contribution in [0.1, 0.15) is 10.5 Å². The number of aromatic nitrogens is 2. The van der Waals surface area contributed by atoms with Crippen molar-refractivity contribution in [2.45, 2.75) is 0 Å². The number of ether oxygens (including phenoxy) is 2. The molecule has 0 aliphatic carbocycles. The van der Waals surface area contributed by atoms with Crippen LogP contribution in [-0.2, 0) is 9.47 Å². The van der Waals surface area contributed by atoms with Crippen molar-refractivity contribution < 1.29 is 19.4 Å². The zero-order valence-electron chi connectivity index (χ0n) is 12.7. The molecule has 0 saturated carbocycles. The molecule has 1 saturated heterocycles. The summed E-state index contributed by atoms with van der Waals surface area (Å²) in [5.74, 6) is 0.596. The first-order valence-electron chi connectivity index (χ1n) is 7.27. The number of morpholine rings is 1. The fourth-order valence-corrected chi connectivity index (χ4v) is 2.37. The van der Waals surface area contributed by atoms with Gasteiger partial charge in [0, 0.05) is 24.7 Å². The minimum absolute atomic E-state index is 0.113.